The first-order chi connectivity index (χ1) is 11.8. The molecule has 0 spiro atoms. The van der Waals surface area contributed by atoms with Crippen molar-refractivity contribution >= 4 is 27.3 Å². The van der Waals surface area contributed by atoms with Crippen LogP contribution in [-0.4, -0.2) is 14.3 Å². The van der Waals surface area contributed by atoms with Gasteiger partial charge >= 0.3 is 0 Å². The molecule has 0 saturated carbocycles. The Morgan fingerprint density at radius 1 is 1.00 bits per heavy atom. The monoisotopic (exact) mass is 386 g/mol. The van der Waals surface area contributed by atoms with E-state index in [1.165, 1.54) is 11.3 Å². The normalized spacial score (nSPS) is 14.6. The van der Waals surface area contributed by atoms with Crippen LogP contribution in [0.4, 0.5) is 8.78 Å². The number of hydrogen-bond donors (Lipinski definition) is 2. The highest BCUT2D eigenvalue weighted by Crippen LogP contribution is 2.28. The van der Waals surface area contributed by atoms with E-state index in [2.05, 4.69) is 5.43 Å². The van der Waals surface area contributed by atoms with E-state index in [9.17, 15) is 22.0 Å². The van der Waals surface area contributed by atoms with Gasteiger partial charge in [0.15, 0.2) is 0 Å². The third-order valence-electron chi connectivity index (χ3n) is 3.92. The van der Waals surface area contributed by atoms with Crippen molar-refractivity contribution < 1.29 is 22.0 Å². The van der Waals surface area contributed by atoms with Crippen molar-refractivity contribution in [1.82, 2.24) is 10.3 Å². The number of rotatable bonds is 4. The smallest absolute Gasteiger partial charge is 0.273 e. The van der Waals surface area contributed by atoms with Crippen molar-refractivity contribution in [2.75, 3.05) is 0 Å². The third kappa shape index (κ3) is 4.23. The molecule has 0 radical (unpaired) electrons. The zero-order valence-electron chi connectivity index (χ0n) is 13.1. The maximum Gasteiger partial charge on any atom is 0.276 e. The predicted octanol–water partition coefficient (Wildman–Crippen LogP) is 2.92. The van der Waals surface area contributed by atoms with Crippen molar-refractivity contribution in [3.05, 3.63) is 51.2 Å². The van der Waals surface area contributed by atoms with Crippen molar-refractivity contribution in [1.29, 1.82) is 0 Å². The maximum absolute atomic E-state index is 13.2. The lowest BCUT2D eigenvalue weighted by molar-refractivity contribution is 0.0949. The van der Waals surface area contributed by atoms with Gasteiger partial charge in [0.2, 0.25) is 0 Å². The number of fused-ring (bicyclic) bond motifs is 1. The Bertz CT molecular complexity index is 866. The molecule has 9 heteroatoms. The minimum Gasteiger partial charge on any atom is -0.273 e. The van der Waals surface area contributed by atoms with Gasteiger partial charge in [0.05, 0.1) is 9.77 Å². The molecule has 134 valence electrons. The molecule has 0 aliphatic heterocycles. The molecule has 0 bridgehead atoms. The fourth-order valence-corrected chi connectivity index (χ4v) is 4.73. The molecule has 5 nitrogen and oxygen atoms in total. The third-order valence-corrected chi connectivity index (χ3v) is 6.38. The molecule has 1 aliphatic carbocycles. The number of halogens is 2. The first-order valence-electron chi connectivity index (χ1n) is 7.75. The highest BCUT2D eigenvalue weighted by atomic mass is 32.2. The number of amides is 1. The Morgan fingerprint density at radius 2 is 1.68 bits per heavy atom. The summed E-state index contributed by atoms with van der Waals surface area (Å²) in [5, 5.41) is 0. The molecule has 1 aromatic carbocycles. The van der Waals surface area contributed by atoms with E-state index >= 15 is 0 Å². The van der Waals surface area contributed by atoms with E-state index in [1.54, 1.807) is 6.07 Å². The molecule has 3 rings (SSSR count). The fourth-order valence-electron chi connectivity index (χ4n) is 2.70. The van der Waals surface area contributed by atoms with Crippen LogP contribution in [0.15, 0.2) is 29.2 Å². The van der Waals surface area contributed by atoms with Gasteiger partial charge in [0.25, 0.3) is 15.9 Å². The molecular formula is C16H16F2N2O3S2. The summed E-state index contributed by atoms with van der Waals surface area (Å²) in [7, 11) is -4.27. The molecule has 0 atom stereocenters. The molecule has 2 aromatic rings. The Balaban J connectivity index is 1.71. The standard InChI is InChI=1S/C16H16F2N2O3S2/c17-11-7-12(18)9-13(8-11)25(22,23)20-19-16(21)15-6-10-4-2-1-3-5-14(10)24-15/h6-9,20H,1-5H2,(H,19,21). The van der Waals surface area contributed by atoms with E-state index in [0.717, 1.165) is 42.5 Å². The van der Waals surface area contributed by atoms with Gasteiger partial charge < -0.3 is 0 Å². The fraction of sp³-hybridized carbons (Fsp3) is 0.312. The van der Waals surface area contributed by atoms with Crippen molar-refractivity contribution in [2.45, 2.75) is 37.0 Å². The summed E-state index contributed by atoms with van der Waals surface area (Å²) in [6.07, 6.45) is 5.14. The van der Waals surface area contributed by atoms with Crippen molar-refractivity contribution in [3.8, 4) is 0 Å². The van der Waals surface area contributed by atoms with Crippen LogP contribution in [0.2, 0.25) is 0 Å². The average Bonchev–Trinajstić information content (AvgIpc) is 2.83. The predicted molar refractivity (Wildman–Crippen MR) is 89.7 cm³/mol. The van der Waals surface area contributed by atoms with Crippen LogP contribution in [0, 0.1) is 11.6 Å². The Hall–Kier alpha value is -1.84. The summed E-state index contributed by atoms with van der Waals surface area (Å²) in [4.78, 5) is 15.0. The quantitative estimate of drug-likeness (QED) is 0.627. The summed E-state index contributed by atoms with van der Waals surface area (Å²) in [6.45, 7) is 0. The largest absolute Gasteiger partial charge is 0.276 e. The number of sulfonamides is 1. The van der Waals surface area contributed by atoms with Gasteiger partial charge in [-0.3, -0.25) is 10.2 Å². The Kier molecular flexibility index (Phi) is 5.16. The molecule has 1 amide bonds. The molecule has 0 fully saturated rings. The van der Waals surface area contributed by atoms with Crippen LogP contribution in [0.25, 0.3) is 0 Å². The average molecular weight is 386 g/mol. The second-order valence-corrected chi connectivity index (χ2v) is 8.60. The first-order valence-corrected chi connectivity index (χ1v) is 10.0. The molecule has 0 saturated heterocycles. The number of thiophene rings is 1. The minimum absolute atomic E-state index is 0.403. The van der Waals surface area contributed by atoms with Crippen LogP contribution in [0.1, 0.15) is 39.4 Å². The molecule has 1 aliphatic rings. The number of benzene rings is 1. The maximum atomic E-state index is 13.2. The molecule has 1 heterocycles. The summed E-state index contributed by atoms with van der Waals surface area (Å²) < 4.78 is 50.5. The molecule has 2 N–H and O–H groups in total. The lowest BCUT2D eigenvalue weighted by atomic mass is 10.1. The lowest BCUT2D eigenvalue weighted by Crippen LogP contribution is -2.41. The van der Waals surface area contributed by atoms with Crippen LogP contribution in [-0.2, 0) is 22.9 Å². The highest BCUT2D eigenvalue weighted by Gasteiger charge is 2.20. The number of carbonyl (C=O) groups excluding carboxylic acids is 1. The number of nitrogens with one attached hydrogen (secondary N) is 2. The number of aryl methyl sites for hydroxylation is 2. The first kappa shape index (κ1) is 18.0. The second-order valence-electron chi connectivity index (χ2n) is 5.78. The summed E-state index contributed by atoms with van der Waals surface area (Å²) in [5.74, 6) is -2.64. The van der Waals surface area contributed by atoms with Gasteiger partial charge in [-0.1, -0.05) is 6.42 Å². The van der Waals surface area contributed by atoms with Crippen LogP contribution < -0.4 is 10.3 Å². The lowest BCUT2D eigenvalue weighted by Gasteiger charge is -2.08. The summed E-state index contributed by atoms with van der Waals surface area (Å²) in [5.41, 5.74) is 3.22. The van der Waals surface area contributed by atoms with Gasteiger partial charge in [-0.05, 0) is 49.4 Å². The zero-order valence-corrected chi connectivity index (χ0v) is 14.8. The van der Waals surface area contributed by atoms with E-state index in [4.69, 9.17) is 0 Å². The highest BCUT2D eigenvalue weighted by molar-refractivity contribution is 7.89. The van der Waals surface area contributed by atoms with E-state index in [1.807, 2.05) is 4.83 Å². The van der Waals surface area contributed by atoms with Crippen LogP contribution in [0.3, 0.4) is 0 Å². The van der Waals surface area contributed by atoms with E-state index in [-0.39, 0.29) is 0 Å². The second kappa shape index (κ2) is 7.19. The van der Waals surface area contributed by atoms with Crippen molar-refractivity contribution in [3.63, 3.8) is 0 Å². The van der Waals surface area contributed by atoms with E-state index < -0.39 is 32.5 Å². The van der Waals surface area contributed by atoms with Gasteiger partial charge in [-0.25, -0.2) is 17.2 Å². The van der Waals surface area contributed by atoms with Gasteiger partial charge in [0, 0.05) is 10.9 Å². The molecule has 25 heavy (non-hydrogen) atoms. The Morgan fingerprint density at radius 3 is 2.40 bits per heavy atom. The molecule has 0 unspecified atom stereocenters. The number of hydrogen-bond acceptors (Lipinski definition) is 4. The van der Waals surface area contributed by atoms with Crippen LogP contribution >= 0.6 is 11.3 Å². The van der Waals surface area contributed by atoms with Crippen molar-refractivity contribution in [2.24, 2.45) is 0 Å². The molecule has 1 aromatic heterocycles. The molecular weight excluding hydrogens is 370 g/mol. The van der Waals surface area contributed by atoms with Gasteiger partial charge in [0.1, 0.15) is 11.6 Å². The zero-order chi connectivity index (χ0) is 18.0. The topological polar surface area (TPSA) is 75.3 Å². The minimum atomic E-state index is -4.27. The summed E-state index contributed by atoms with van der Waals surface area (Å²) >= 11 is 1.34. The number of carbonyl (C=O) groups is 1. The summed E-state index contributed by atoms with van der Waals surface area (Å²) in [6, 6.07) is 3.68. The van der Waals surface area contributed by atoms with Gasteiger partial charge in [-0.2, -0.15) is 0 Å². The van der Waals surface area contributed by atoms with Crippen LogP contribution in [0.5, 0.6) is 0 Å². The SMILES string of the molecule is O=C(NNS(=O)(=O)c1cc(F)cc(F)c1)c1cc2c(s1)CCCCC2. The number of hydrazine groups is 1. The Labute approximate surface area is 148 Å². The van der Waals surface area contributed by atoms with E-state index in [0.29, 0.717) is 23.1 Å². The van der Waals surface area contributed by atoms with Gasteiger partial charge in [-0.15, -0.1) is 16.2 Å².